The molecule has 8 aromatic rings. The van der Waals surface area contributed by atoms with E-state index in [1.807, 2.05) is 72.4 Å². The van der Waals surface area contributed by atoms with Crippen molar-refractivity contribution in [3.8, 4) is 11.5 Å². The fraction of sp³-hybridized carbons (Fsp3) is 0.179. The number of nitrogens with one attached hydrogen (secondary N) is 3. The summed E-state index contributed by atoms with van der Waals surface area (Å²) in [6.45, 7) is 3.58. The normalized spacial score (nSPS) is 11.8. The summed E-state index contributed by atoms with van der Waals surface area (Å²) in [5.74, 6) is 0.751. The van der Waals surface area contributed by atoms with Gasteiger partial charge in [-0.05, 0) is 144 Å². The van der Waals surface area contributed by atoms with Gasteiger partial charge in [0.05, 0.1) is 11.4 Å². The van der Waals surface area contributed by atoms with Crippen LogP contribution in [0.1, 0.15) is 33.4 Å². The van der Waals surface area contributed by atoms with Crippen molar-refractivity contribution in [2.45, 2.75) is 52.3 Å². The third-order valence-corrected chi connectivity index (χ3v) is 12.6. The second kappa shape index (κ2) is 29.3. The Morgan fingerprint density at radius 2 is 0.952 bits per heavy atom. The van der Waals surface area contributed by atoms with Gasteiger partial charge in [0.2, 0.25) is 11.2 Å². The van der Waals surface area contributed by atoms with Gasteiger partial charge < -0.3 is 48.9 Å². The number of carbonyl (C=O) groups excluding carboxylic acids is 2. The van der Waals surface area contributed by atoms with E-state index in [9.17, 15) is 53.5 Å². The number of aryl methyl sites for hydroxylation is 2. The smallest absolute Gasteiger partial charge is 0.573 e. The number of carbonyl (C=O) groups is 2. The van der Waals surface area contributed by atoms with Crippen molar-refractivity contribution in [1.82, 2.24) is 19.9 Å². The first-order chi connectivity index (χ1) is 39.2. The van der Waals surface area contributed by atoms with Gasteiger partial charge in [0, 0.05) is 97.5 Å². The number of halogens is 7. The van der Waals surface area contributed by atoms with E-state index >= 15 is 0 Å². The van der Waals surface area contributed by atoms with Crippen molar-refractivity contribution in [3.63, 3.8) is 0 Å². The van der Waals surface area contributed by atoms with Crippen LogP contribution in [0, 0.1) is 13.8 Å². The van der Waals surface area contributed by atoms with Crippen LogP contribution >= 0.6 is 11.6 Å². The molecule has 0 radical (unpaired) electrons. The first-order valence-corrected chi connectivity index (χ1v) is 26.9. The molecule has 0 amide bonds. The number of hydrogen-bond acceptors (Lipinski definition) is 16. The number of nitrogens with zero attached hydrogens (tertiary/aromatic N) is 6. The second-order valence-corrected chi connectivity index (χ2v) is 19.6. The molecule has 18 nitrogen and oxygen atoms in total. The first kappa shape index (κ1) is 63.5. The van der Waals surface area contributed by atoms with Crippen molar-refractivity contribution >= 4 is 97.4 Å². The maximum absolute atomic E-state index is 12.5. The molecule has 0 saturated carbocycles. The molecule has 436 valence electrons. The Hall–Kier alpha value is -8.69. The molecule has 0 aliphatic heterocycles. The number of ether oxygens (including phenoxy) is 2. The summed E-state index contributed by atoms with van der Waals surface area (Å²) in [7, 11) is 3.67. The van der Waals surface area contributed by atoms with Crippen molar-refractivity contribution in [1.29, 1.82) is 0 Å². The van der Waals surface area contributed by atoms with Gasteiger partial charge in [0.15, 0.2) is 0 Å². The van der Waals surface area contributed by atoms with Gasteiger partial charge in [-0.2, -0.15) is 4.98 Å². The van der Waals surface area contributed by atoms with E-state index in [0.29, 0.717) is 51.5 Å². The topological polar surface area (TPSA) is 253 Å². The lowest BCUT2D eigenvalue weighted by Crippen LogP contribution is -2.17. The molecule has 2 atom stereocenters. The van der Waals surface area contributed by atoms with Crippen LogP contribution in [0.5, 0.6) is 11.5 Å². The summed E-state index contributed by atoms with van der Waals surface area (Å²) in [6.07, 6.45) is -5.77. The van der Waals surface area contributed by atoms with E-state index in [1.54, 1.807) is 74.8 Å². The number of aromatic nitrogens is 4. The Labute approximate surface area is 482 Å². The van der Waals surface area contributed by atoms with E-state index in [1.165, 1.54) is 48.5 Å². The number of alkyl halides is 6. The van der Waals surface area contributed by atoms with Crippen LogP contribution in [0.2, 0.25) is 5.28 Å². The Kier molecular flexibility index (Phi) is 22.4. The maximum atomic E-state index is 12.5. The lowest BCUT2D eigenvalue weighted by molar-refractivity contribution is -0.275. The molecule has 2 unspecified atom stereocenters. The average Bonchev–Trinajstić information content (AvgIpc) is 3.55. The van der Waals surface area contributed by atoms with Crippen molar-refractivity contribution in [3.05, 3.63) is 197 Å². The SMILES string of the molecule is CN(c1ccc(CC(=O)Cc2ccc(OC(F)(F)F)cc2)cc1)c1ccnc(Cl)n1.Cc1ccc(N)cc1NS(=O)[O-].Cc1ccc(Nc2nccc(N(C)c3ccc(CC(=O)Cc4ccc(OC(F)(F)F)cc4)cc3)n2)cc1NS(=O)[O-]. The van der Waals surface area contributed by atoms with Crippen LogP contribution in [0.25, 0.3) is 0 Å². The third kappa shape index (κ3) is 21.6. The highest BCUT2D eigenvalue weighted by Gasteiger charge is 2.32. The quantitative estimate of drug-likeness (QED) is 0.0239. The summed E-state index contributed by atoms with van der Waals surface area (Å²) < 4.78 is 128. The van der Waals surface area contributed by atoms with E-state index in [-0.39, 0.29) is 54.0 Å². The van der Waals surface area contributed by atoms with Crippen LogP contribution in [-0.4, -0.2) is 75.8 Å². The van der Waals surface area contributed by atoms with Gasteiger partial charge in [-0.1, -0.05) is 60.7 Å². The molecule has 0 bridgehead atoms. The molecule has 2 heterocycles. The highest BCUT2D eigenvalue weighted by molar-refractivity contribution is 7.80. The number of nitrogens with two attached hydrogens (primary N) is 1. The first-order valence-electron chi connectivity index (χ1n) is 24.4. The van der Waals surface area contributed by atoms with Crippen molar-refractivity contribution in [2.24, 2.45) is 0 Å². The molecule has 83 heavy (non-hydrogen) atoms. The van der Waals surface area contributed by atoms with Crippen molar-refractivity contribution in [2.75, 3.05) is 44.4 Å². The molecular weight excluding hydrogens is 1150 g/mol. The van der Waals surface area contributed by atoms with Gasteiger partial charge in [-0.15, -0.1) is 26.3 Å². The number of rotatable bonds is 20. The predicted molar refractivity (Wildman–Crippen MR) is 304 cm³/mol. The van der Waals surface area contributed by atoms with E-state index in [0.717, 1.165) is 33.6 Å². The van der Waals surface area contributed by atoms with Crippen LogP contribution in [0.4, 0.5) is 78.1 Å². The summed E-state index contributed by atoms with van der Waals surface area (Å²) >= 11 is 1.08. The zero-order chi connectivity index (χ0) is 60.4. The molecule has 0 spiro atoms. The monoisotopic (exact) mass is 1200 g/mol. The molecule has 8 rings (SSSR count). The lowest BCUT2D eigenvalue weighted by atomic mass is 10.0. The molecule has 6 aromatic carbocycles. The van der Waals surface area contributed by atoms with E-state index < -0.39 is 35.3 Å². The Balaban J connectivity index is 0.000000229. The summed E-state index contributed by atoms with van der Waals surface area (Å²) in [5, 5.41) is 3.22. The summed E-state index contributed by atoms with van der Waals surface area (Å²) in [6, 6.07) is 39.0. The van der Waals surface area contributed by atoms with Gasteiger partial charge in [0.25, 0.3) is 0 Å². The molecule has 0 saturated heterocycles. The van der Waals surface area contributed by atoms with Crippen LogP contribution < -0.4 is 39.8 Å². The van der Waals surface area contributed by atoms with Crippen molar-refractivity contribution < 1.29 is 62.9 Å². The molecule has 2 aromatic heterocycles. The number of nitrogen functional groups attached to an aromatic ring is 1. The molecule has 0 aliphatic rings. The zero-order valence-electron chi connectivity index (χ0n) is 44.3. The average molecular weight is 1210 g/mol. The number of Topliss-reactive ketones (excluding diaryl/α,β-unsaturated/α-hetero) is 2. The minimum atomic E-state index is -4.77. The van der Waals surface area contributed by atoms with Gasteiger partial charge in [-0.25, -0.2) is 15.0 Å². The molecule has 27 heteroatoms. The van der Waals surface area contributed by atoms with Gasteiger partial charge in [-0.3, -0.25) is 18.0 Å². The number of ketones is 2. The molecule has 5 N–H and O–H groups in total. The Bertz CT molecular complexity index is 3520. The van der Waals surface area contributed by atoms with E-state index in [4.69, 9.17) is 17.3 Å². The highest BCUT2D eigenvalue weighted by atomic mass is 35.5. The fourth-order valence-electron chi connectivity index (χ4n) is 7.57. The molecular formula is C56H51ClF6N10O8S2-2. The minimum absolute atomic E-state index is 0.0526. The van der Waals surface area contributed by atoms with Gasteiger partial charge in [0.1, 0.15) is 34.7 Å². The Morgan fingerprint density at radius 3 is 1.36 bits per heavy atom. The largest absolute Gasteiger partial charge is 0.755 e. The summed E-state index contributed by atoms with van der Waals surface area (Å²) in [4.78, 5) is 45.3. The predicted octanol–water partition coefficient (Wildman–Crippen LogP) is 11.7. The standard InChI is InChI=1S/C28H26F3N5O4S.C21H17ClF3N3O2.C7H10N2O2S/c1-18-3-8-21(17-25(18)35-41(38)39)33-27-32-14-13-26(34-27)36(2)22-9-4-19(5-10-22)15-23(37)16-20-6-11-24(12-7-20)40-28(29,30)31;1-28(19-10-11-26-20(22)27-19)16-6-2-14(3-7-16)12-17(29)13-15-4-8-18(9-5-15)30-21(23,24)25;1-5-2-3-6(8)4-7(5)9-12(10)11/h3-14,17,35H,15-16H2,1-2H3,(H,38,39)(H,32,33,34);2-11H,12-13H2,1H3;2-4,9H,8H2,1H3,(H,10,11)/p-2. The summed E-state index contributed by atoms with van der Waals surface area (Å²) in [5.41, 5.74) is 13.6. The van der Waals surface area contributed by atoms with Gasteiger partial charge >= 0.3 is 12.7 Å². The van der Waals surface area contributed by atoms with Crippen LogP contribution in [0.3, 0.4) is 0 Å². The lowest BCUT2D eigenvalue weighted by Gasteiger charge is -2.19. The fourth-order valence-corrected chi connectivity index (χ4v) is 8.51. The second-order valence-electron chi connectivity index (χ2n) is 17.9. The number of anilines is 9. The van der Waals surface area contributed by atoms with Crippen LogP contribution in [-0.2, 0) is 57.8 Å². The third-order valence-electron chi connectivity index (χ3n) is 11.6. The number of hydrogen-bond donors (Lipinski definition) is 4. The molecule has 0 fully saturated rings. The highest BCUT2D eigenvalue weighted by Crippen LogP contribution is 2.29. The molecule has 0 aliphatic carbocycles. The maximum Gasteiger partial charge on any atom is 0.573 e. The van der Waals surface area contributed by atoms with E-state index in [2.05, 4.69) is 44.2 Å². The zero-order valence-corrected chi connectivity index (χ0v) is 46.7. The number of benzene rings is 6. The minimum Gasteiger partial charge on any atom is -0.755 e. The Morgan fingerprint density at radius 1 is 0.566 bits per heavy atom. The van der Waals surface area contributed by atoms with Crippen LogP contribution in [0.15, 0.2) is 158 Å².